The first kappa shape index (κ1) is 17.8. The van der Waals surface area contributed by atoms with E-state index in [-0.39, 0.29) is 5.91 Å². The molecule has 6 nitrogen and oxygen atoms in total. The van der Waals surface area contributed by atoms with Gasteiger partial charge in [-0.1, -0.05) is 12.1 Å². The number of nitrogens with zero attached hydrogens (tertiary/aromatic N) is 1. The summed E-state index contributed by atoms with van der Waals surface area (Å²) in [7, 11) is 1.56. The number of amides is 1. The average molecular weight is 369 g/mol. The number of carbonyl (C=O) groups is 1. The van der Waals surface area contributed by atoms with Gasteiger partial charge < -0.3 is 20.5 Å². The molecule has 0 bridgehead atoms. The number of hydrogen-bond donors (Lipinski definition) is 2. The third kappa shape index (κ3) is 4.12. The second kappa shape index (κ2) is 7.88. The van der Waals surface area contributed by atoms with Crippen LogP contribution in [0.5, 0.6) is 11.5 Å². The van der Waals surface area contributed by atoms with Crippen molar-refractivity contribution in [2.75, 3.05) is 18.2 Å². The van der Waals surface area contributed by atoms with E-state index in [1.807, 2.05) is 29.6 Å². The number of para-hydroxylation sites is 2. The van der Waals surface area contributed by atoms with Gasteiger partial charge >= 0.3 is 0 Å². The van der Waals surface area contributed by atoms with Crippen molar-refractivity contribution in [2.45, 2.75) is 13.0 Å². The van der Waals surface area contributed by atoms with Crippen LogP contribution in [0.1, 0.15) is 6.92 Å². The Bertz CT molecular complexity index is 893. The molecule has 1 atom stereocenters. The van der Waals surface area contributed by atoms with Gasteiger partial charge in [0.1, 0.15) is 11.5 Å². The van der Waals surface area contributed by atoms with Crippen molar-refractivity contribution >= 4 is 28.1 Å². The molecule has 0 aliphatic carbocycles. The summed E-state index contributed by atoms with van der Waals surface area (Å²) < 4.78 is 11.0. The Labute approximate surface area is 155 Å². The lowest BCUT2D eigenvalue weighted by Gasteiger charge is -2.16. The molecule has 1 unspecified atom stereocenters. The van der Waals surface area contributed by atoms with Gasteiger partial charge in [0, 0.05) is 10.9 Å². The number of nitrogens with two attached hydrogens (primary N) is 1. The first-order chi connectivity index (χ1) is 12.6. The third-order valence-electron chi connectivity index (χ3n) is 3.72. The largest absolute Gasteiger partial charge is 0.495 e. The summed E-state index contributed by atoms with van der Waals surface area (Å²) in [5.74, 6) is 0.936. The van der Waals surface area contributed by atoms with Crippen LogP contribution >= 0.6 is 11.3 Å². The Balaban J connectivity index is 1.63. The molecule has 1 heterocycles. The highest BCUT2D eigenvalue weighted by Crippen LogP contribution is 2.26. The molecule has 3 aromatic rings. The lowest BCUT2D eigenvalue weighted by atomic mass is 10.2. The van der Waals surface area contributed by atoms with Crippen LogP contribution in [-0.2, 0) is 4.79 Å². The molecule has 1 aromatic heterocycles. The van der Waals surface area contributed by atoms with E-state index in [0.717, 1.165) is 11.3 Å². The van der Waals surface area contributed by atoms with E-state index in [0.29, 0.717) is 22.3 Å². The van der Waals surface area contributed by atoms with Gasteiger partial charge in [-0.2, -0.15) is 0 Å². The molecule has 2 aromatic carbocycles. The molecule has 1 amide bonds. The van der Waals surface area contributed by atoms with Gasteiger partial charge in [-0.15, -0.1) is 11.3 Å². The maximum absolute atomic E-state index is 12.4. The summed E-state index contributed by atoms with van der Waals surface area (Å²) in [5.41, 5.74) is 8.02. The monoisotopic (exact) mass is 369 g/mol. The normalized spacial score (nSPS) is 11.6. The first-order valence-electron chi connectivity index (χ1n) is 7.99. The minimum absolute atomic E-state index is 0.258. The smallest absolute Gasteiger partial charge is 0.265 e. The zero-order valence-electron chi connectivity index (χ0n) is 14.4. The summed E-state index contributed by atoms with van der Waals surface area (Å²) in [4.78, 5) is 16.6. The van der Waals surface area contributed by atoms with Crippen LogP contribution in [0, 0.1) is 0 Å². The Morgan fingerprint density at radius 3 is 2.58 bits per heavy atom. The number of aromatic nitrogens is 1. The van der Waals surface area contributed by atoms with E-state index < -0.39 is 6.10 Å². The SMILES string of the molecule is COc1ccccc1NC(=O)C(C)Oc1ccc(-c2csc(N)n2)cc1. The molecule has 3 N–H and O–H groups in total. The molecule has 0 fully saturated rings. The Kier molecular flexibility index (Phi) is 5.38. The molecule has 26 heavy (non-hydrogen) atoms. The van der Waals surface area contributed by atoms with Crippen LogP contribution in [0.2, 0.25) is 0 Å². The molecule has 0 aliphatic rings. The van der Waals surface area contributed by atoms with Crippen molar-refractivity contribution in [3.63, 3.8) is 0 Å². The van der Waals surface area contributed by atoms with Gasteiger partial charge in [0.05, 0.1) is 18.5 Å². The number of thiazole rings is 1. The third-order valence-corrected chi connectivity index (χ3v) is 4.39. The van der Waals surface area contributed by atoms with Crippen molar-refractivity contribution < 1.29 is 14.3 Å². The van der Waals surface area contributed by atoms with Gasteiger partial charge in [0.2, 0.25) is 0 Å². The fourth-order valence-corrected chi connectivity index (χ4v) is 2.94. The lowest BCUT2D eigenvalue weighted by Crippen LogP contribution is -2.30. The van der Waals surface area contributed by atoms with Crippen molar-refractivity contribution in [1.29, 1.82) is 0 Å². The van der Waals surface area contributed by atoms with Gasteiger partial charge in [-0.05, 0) is 43.3 Å². The standard InChI is InChI=1S/C19H19N3O3S/c1-12(18(23)21-15-5-3-4-6-17(15)24-2)25-14-9-7-13(8-10-14)16-11-26-19(20)22-16/h3-12H,1-2H3,(H2,20,22)(H,21,23). The molecular formula is C19H19N3O3S. The van der Waals surface area contributed by atoms with Crippen LogP contribution in [0.4, 0.5) is 10.8 Å². The fourth-order valence-electron chi connectivity index (χ4n) is 2.36. The number of anilines is 2. The summed E-state index contributed by atoms with van der Waals surface area (Å²) >= 11 is 1.39. The second-order valence-corrected chi connectivity index (χ2v) is 6.43. The maximum Gasteiger partial charge on any atom is 0.265 e. The summed E-state index contributed by atoms with van der Waals surface area (Å²) in [6.45, 7) is 1.69. The molecular weight excluding hydrogens is 350 g/mol. The van der Waals surface area contributed by atoms with E-state index in [1.54, 1.807) is 38.3 Å². The van der Waals surface area contributed by atoms with Gasteiger partial charge in [-0.3, -0.25) is 4.79 Å². The summed E-state index contributed by atoms with van der Waals surface area (Å²) in [5, 5.41) is 5.24. The van der Waals surface area contributed by atoms with Crippen LogP contribution in [0.15, 0.2) is 53.9 Å². The van der Waals surface area contributed by atoms with Gasteiger partial charge in [0.15, 0.2) is 11.2 Å². The van der Waals surface area contributed by atoms with Gasteiger partial charge in [0.25, 0.3) is 5.91 Å². The predicted octanol–water partition coefficient (Wildman–Crippen LogP) is 3.81. The molecule has 0 radical (unpaired) electrons. The predicted molar refractivity (Wildman–Crippen MR) is 104 cm³/mol. The highest BCUT2D eigenvalue weighted by molar-refractivity contribution is 7.13. The number of hydrogen-bond acceptors (Lipinski definition) is 6. The minimum Gasteiger partial charge on any atom is -0.495 e. The molecule has 0 saturated heterocycles. The number of carbonyl (C=O) groups excluding carboxylic acids is 1. The van der Waals surface area contributed by atoms with Gasteiger partial charge in [-0.25, -0.2) is 4.98 Å². The molecule has 134 valence electrons. The number of nitrogen functional groups attached to an aromatic ring is 1. The van der Waals surface area contributed by atoms with Crippen LogP contribution in [0.25, 0.3) is 11.3 Å². The van der Waals surface area contributed by atoms with E-state index in [2.05, 4.69) is 10.3 Å². The summed E-state index contributed by atoms with van der Waals surface area (Å²) in [6.07, 6.45) is -0.666. The van der Waals surface area contributed by atoms with Crippen molar-refractivity contribution in [2.24, 2.45) is 0 Å². The fraction of sp³-hybridized carbons (Fsp3) is 0.158. The van der Waals surface area contributed by atoms with E-state index in [9.17, 15) is 4.79 Å². The Morgan fingerprint density at radius 2 is 1.92 bits per heavy atom. The Hall–Kier alpha value is -3.06. The van der Waals surface area contributed by atoms with E-state index >= 15 is 0 Å². The number of rotatable bonds is 6. The number of ether oxygens (including phenoxy) is 2. The van der Waals surface area contributed by atoms with Crippen LogP contribution in [-0.4, -0.2) is 24.1 Å². The van der Waals surface area contributed by atoms with E-state index in [4.69, 9.17) is 15.2 Å². The first-order valence-corrected chi connectivity index (χ1v) is 8.87. The number of nitrogens with one attached hydrogen (secondary N) is 1. The quantitative estimate of drug-likeness (QED) is 0.690. The second-order valence-electron chi connectivity index (χ2n) is 5.54. The Morgan fingerprint density at radius 1 is 1.19 bits per heavy atom. The summed E-state index contributed by atoms with van der Waals surface area (Å²) in [6, 6.07) is 14.6. The molecule has 3 rings (SSSR count). The average Bonchev–Trinajstić information content (AvgIpc) is 3.09. The molecule has 0 spiro atoms. The van der Waals surface area contributed by atoms with Crippen molar-refractivity contribution in [3.8, 4) is 22.8 Å². The maximum atomic E-state index is 12.4. The van der Waals surface area contributed by atoms with Crippen molar-refractivity contribution in [3.05, 3.63) is 53.9 Å². The van der Waals surface area contributed by atoms with E-state index in [1.165, 1.54) is 11.3 Å². The molecule has 0 aliphatic heterocycles. The number of methoxy groups -OCH3 is 1. The zero-order chi connectivity index (χ0) is 18.5. The zero-order valence-corrected chi connectivity index (χ0v) is 15.2. The van der Waals surface area contributed by atoms with Crippen molar-refractivity contribution in [1.82, 2.24) is 4.98 Å². The molecule has 0 saturated carbocycles. The van der Waals surface area contributed by atoms with Crippen LogP contribution < -0.4 is 20.5 Å². The minimum atomic E-state index is -0.666. The van der Waals surface area contributed by atoms with Crippen LogP contribution in [0.3, 0.4) is 0 Å². The highest BCUT2D eigenvalue weighted by Gasteiger charge is 2.16. The number of benzene rings is 2. The lowest BCUT2D eigenvalue weighted by molar-refractivity contribution is -0.122. The highest BCUT2D eigenvalue weighted by atomic mass is 32.1. The molecule has 7 heteroatoms. The topological polar surface area (TPSA) is 86.5 Å².